The second-order valence-corrected chi connectivity index (χ2v) is 11.1. The molecule has 0 radical (unpaired) electrons. The maximum atomic E-state index is 6.42. The number of rotatable bonds is 6. The number of thiophene rings is 1. The van der Waals surface area contributed by atoms with E-state index < -0.39 is 0 Å². The number of hydrogen-bond donors (Lipinski definition) is 2. The summed E-state index contributed by atoms with van der Waals surface area (Å²) < 4.78 is 5.52. The van der Waals surface area contributed by atoms with Crippen molar-refractivity contribution in [2.75, 3.05) is 25.1 Å². The Labute approximate surface area is 203 Å². The molecular formula is C26H29ClN2OS2. The molecule has 0 aliphatic carbocycles. The number of benzene rings is 2. The smallest absolute Gasteiger partial charge is 0.0700 e. The minimum Gasteiger partial charge on any atom is -0.382 e. The number of hydrogen-bond acceptors (Lipinski definition) is 5. The largest absolute Gasteiger partial charge is 0.382 e. The fraction of sp³-hybridized carbons (Fsp3) is 0.385. The van der Waals surface area contributed by atoms with Gasteiger partial charge in [-0.3, -0.25) is 0 Å². The zero-order chi connectivity index (χ0) is 21.8. The number of thioether (sulfide) groups is 1. The molecule has 168 valence electrons. The van der Waals surface area contributed by atoms with Crippen LogP contribution in [0.1, 0.15) is 36.8 Å². The molecule has 3 heterocycles. The molecule has 2 fully saturated rings. The van der Waals surface area contributed by atoms with E-state index in [1.165, 1.54) is 21.7 Å². The highest BCUT2D eigenvalue weighted by molar-refractivity contribution is 8.00. The number of ether oxygens (including phenoxy) is 1. The third kappa shape index (κ3) is 4.87. The van der Waals surface area contributed by atoms with Gasteiger partial charge in [0, 0.05) is 41.6 Å². The molecule has 0 spiro atoms. The summed E-state index contributed by atoms with van der Waals surface area (Å²) in [6, 6.07) is 19.9. The van der Waals surface area contributed by atoms with Crippen molar-refractivity contribution in [3.05, 3.63) is 81.5 Å². The molecule has 32 heavy (non-hydrogen) atoms. The van der Waals surface area contributed by atoms with E-state index >= 15 is 0 Å². The summed E-state index contributed by atoms with van der Waals surface area (Å²) in [6.45, 7) is 2.65. The topological polar surface area (TPSA) is 33.3 Å². The van der Waals surface area contributed by atoms with Crippen LogP contribution in [0.25, 0.3) is 0 Å². The normalized spacial score (nSPS) is 24.3. The molecule has 0 amide bonds. The van der Waals surface area contributed by atoms with Crippen molar-refractivity contribution < 1.29 is 4.74 Å². The molecule has 6 heteroatoms. The summed E-state index contributed by atoms with van der Waals surface area (Å²) in [6.07, 6.45) is 4.33. The molecule has 2 saturated heterocycles. The van der Waals surface area contributed by atoms with Crippen LogP contribution in [0.4, 0.5) is 5.69 Å². The molecule has 1 aromatic heterocycles. The first-order valence-electron chi connectivity index (χ1n) is 11.4. The van der Waals surface area contributed by atoms with Gasteiger partial charge in [-0.15, -0.1) is 11.8 Å². The maximum Gasteiger partial charge on any atom is 0.0700 e. The molecule has 2 aliphatic heterocycles. The van der Waals surface area contributed by atoms with Crippen molar-refractivity contribution in [3.63, 3.8) is 0 Å². The summed E-state index contributed by atoms with van der Waals surface area (Å²) in [5.41, 5.74) is 3.77. The Balaban J connectivity index is 1.36. The Morgan fingerprint density at radius 1 is 1.03 bits per heavy atom. The summed E-state index contributed by atoms with van der Waals surface area (Å²) in [4.78, 5) is 1.17. The fourth-order valence-corrected chi connectivity index (χ4v) is 6.89. The van der Waals surface area contributed by atoms with Crippen molar-refractivity contribution in [1.29, 1.82) is 0 Å². The van der Waals surface area contributed by atoms with Gasteiger partial charge < -0.3 is 15.4 Å². The number of nitrogens with one attached hydrogen (secondary N) is 2. The zero-order valence-electron chi connectivity index (χ0n) is 18.1. The van der Waals surface area contributed by atoms with Crippen LogP contribution < -0.4 is 10.6 Å². The third-order valence-electron chi connectivity index (χ3n) is 6.56. The predicted octanol–water partition coefficient (Wildman–Crippen LogP) is 6.78. The molecule has 2 unspecified atom stereocenters. The standard InChI is InChI=1S/C26H29ClN2OS2/c27-24-6-1-2-7-25(24)32-23-8-12-26(28-17-23,20-11-15-31-18-20)19-4-3-5-22(16-19)29-21-9-13-30-14-10-21/h1-7,11,15-16,18,21,23,28-29H,8-10,12-14,17H2. The molecule has 2 aromatic carbocycles. The Hall–Kier alpha value is -1.50. The molecule has 2 aliphatic rings. The molecule has 5 rings (SSSR count). The van der Waals surface area contributed by atoms with E-state index in [-0.39, 0.29) is 5.54 Å². The van der Waals surface area contributed by atoms with Gasteiger partial charge in [-0.1, -0.05) is 35.9 Å². The van der Waals surface area contributed by atoms with Crippen molar-refractivity contribution in [2.45, 2.75) is 47.4 Å². The monoisotopic (exact) mass is 484 g/mol. The SMILES string of the molecule is Clc1ccccc1SC1CCC(c2ccsc2)(c2cccc(NC3CCOCC3)c2)NC1. The van der Waals surface area contributed by atoms with E-state index in [1.807, 2.05) is 23.9 Å². The van der Waals surface area contributed by atoms with E-state index in [4.69, 9.17) is 16.3 Å². The van der Waals surface area contributed by atoms with Crippen molar-refractivity contribution in [3.8, 4) is 0 Å². The van der Waals surface area contributed by atoms with Crippen LogP contribution in [0.15, 0.2) is 70.3 Å². The van der Waals surface area contributed by atoms with Crippen LogP contribution in [-0.2, 0) is 10.3 Å². The highest BCUT2D eigenvalue weighted by Crippen LogP contribution is 2.42. The van der Waals surface area contributed by atoms with Crippen molar-refractivity contribution in [2.24, 2.45) is 0 Å². The summed E-state index contributed by atoms with van der Waals surface area (Å²) in [5.74, 6) is 0. The zero-order valence-corrected chi connectivity index (χ0v) is 20.4. The average molecular weight is 485 g/mol. The van der Waals surface area contributed by atoms with Gasteiger partial charge >= 0.3 is 0 Å². The van der Waals surface area contributed by atoms with Crippen LogP contribution in [0.3, 0.4) is 0 Å². The van der Waals surface area contributed by atoms with E-state index in [0.29, 0.717) is 11.3 Å². The van der Waals surface area contributed by atoms with Gasteiger partial charge in [0.25, 0.3) is 0 Å². The Kier molecular flexibility index (Phi) is 7.10. The second kappa shape index (κ2) is 10.2. The summed E-state index contributed by atoms with van der Waals surface area (Å²) >= 11 is 10.1. The Bertz CT molecular complexity index is 1010. The molecule has 3 aromatic rings. The third-order valence-corrected chi connectivity index (χ3v) is 9.04. The molecule has 2 atom stereocenters. The second-order valence-electron chi connectivity index (χ2n) is 8.62. The number of piperidine rings is 1. The average Bonchev–Trinajstić information content (AvgIpc) is 3.38. The quantitative estimate of drug-likeness (QED) is 0.404. The predicted molar refractivity (Wildman–Crippen MR) is 137 cm³/mol. The number of halogens is 1. The van der Waals surface area contributed by atoms with E-state index in [9.17, 15) is 0 Å². The van der Waals surface area contributed by atoms with Crippen LogP contribution >= 0.6 is 34.7 Å². The van der Waals surface area contributed by atoms with Gasteiger partial charge in [0.15, 0.2) is 0 Å². The fourth-order valence-electron chi connectivity index (χ4n) is 4.80. The summed E-state index contributed by atoms with van der Waals surface area (Å²) in [5, 5.41) is 13.6. The molecule has 0 saturated carbocycles. The van der Waals surface area contributed by atoms with Crippen LogP contribution in [0.5, 0.6) is 0 Å². The van der Waals surface area contributed by atoms with Gasteiger partial charge in [-0.2, -0.15) is 11.3 Å². The van der Waals surface area contributed by atoms with E-state index in [0.717, 1.165) is 50.5 Å². The van der Waals surface area contributed by atoms with E-state index in [2.05, 4.69) is 63.9 Å². The van der Waals surface area contributed by atoms with Crippen molar-refractivity contribution in [1.82, 2.24) is 5.32 Å². The minimum absolute atomic E-state index is 0.148. The maximum absolute atomic E-state index is 6.42. The molecule has 2 N–H and O–H groups in total. The van der Waals surface area contributed by atoms with Gasteiger partial charge in [0.2, 0.25) is 0 Å². The molecule has 0 bridgehead atoms. The Morgan fingerprint density at radius 3 is 2.66 bits per heavy atom. The van der Waals surface area contributed by atoms with Gasteiger partial charge in [-0.25, -0.2) is 0 Å². The lowest BCUT2D eigenvalue weighted by molar-refractivity contribution is 0.0904. The van der Waals surface area contributed by atoms with Gasteiger partial charge in [-0.05, 0) is 77.9 Å². The van der Waals surface area contributed by atoms with Crippen molar-refractivity contribution >= 4 is 40.4 Å². The first-order valence-corrected chi connectivity index (χ1v) is 13.6. The first-order chi connectivity index (χ1) is 15.7. The van der Waals surface area contributed by atoms with E-state index in [1.54, 1.807) is 11.3 Å². The lowest BCUT2D eigenvalue weighted by Crippen LogP contribution is -2.50. The van der Waals surface area contributed by atoms with Crippen LogP contribution in [0.2, 0.25) is 5.02 Å². The number of anilines is 1. The molecular weight excluding hydrogens is 456 g/mol. The molecule has 3 nitrogen and oxygen atoms in total. The lowest BCUT2D eigenvalue weighted by atomic mass is 9.77. The highest BCUT2D eigenvalue weighted by atomic mass is 35.5. The Morgan fingerprint density at radius 2 is 1.91 bits per heavy atom. The van der Waals surface area contributed by atoms with Gasteiger partial charge in [0.05, 0.1) is 10.6 Å². The van der Waals surface area contributed by atoms with Gasteiger partial charge in [0.1, 0.15) is 0 Å². The van der Waals surface area contributed by atoms with Crippen LogP contribution in [0, 0.1) is 0 Å². The lowest BCUT2D eigenvalue weighted by Gasteiger charge is -2.42. The van der Waals surface area contributed by atoms with Crippen LogP contribution in [-0.4, -0.2) is 31.1 Å². The first kappa shape index (κ1) is 22.3. The highest BCUT2D eigenvalue weighted by Gasteiger charge is 2.39. The minimum atomic E-state index is -0.148. The summed E-state index contributed by atoms with van der Waals surface area (Å²) in [7, 11) is 0.